The first-order valence-corrected chi connectivity index (χ1v) is 44.8. The number of carbonyl (C=O) groups is 3. The number of unbranched alkanes of at least 4 members (excludes halogenated alkanes) is 36. The molecule has 0 aromatic heterocycles. The molecule has 18 heteroatoms. The van der Waals surface area contributed by atoms with Crippen molar-refractivity contribution < 1.29 is 75.8 Å². The average molecular weight is 1520 g/mol. The predicted octanol–water partition coefficient (Wildman–Crippen LogP) is 24.9. The molecule has 105 heavy (non-hydrogen) atoms. The molecule has 0 amide bonds. The van der Waals surface area contributed by atoms with Gasteiger partial charge in [0.2, 0.25) is 0 Å². The fourth-order valence-electron chi connectivity index (χ4n) is 11.3. The molecule has 606 valence electrons. The van der Waals surface area contributed by atoms with E-state index in [9.17, 15) is 43.5 Å². The van der Waals surface area contributed by atoms with Crippen LogP contribution in [0.25, 0.3) is 0 Å². The van der Waals surface area contributed by atoms with Gasteiger partial charge < -0.3 is 34.2 Å². The summed E-state index contributed by atoms with van der Waals surface area (Å²) in [5, 5.41) is 20.7. The van der Waals surface area contributed by atoms with Crippen LogP contribution >= 0.6 is 15.6 Å². The highest BCUT2D eigenvalue weighted by Crippen LogP contribution is 2.45. The molecule has 0 rings (SSSR count). The summed E-state index contributed by atoms with van der Waals surface area (Å²) in [5.41, 5.74) is 0. The Morgan fingerprint density at radius 1 is 0.276 bits per heavy atom. The zero-order valence-corrected chi connectivity index (χ0v) is 68.2. The van der Waals surface area contributed by atoms with E-state index >= 15 is 0 Å². The van der Waals surface area contributed by atoms with Crippen LogP contribution in [-0.2, 0) is 55.8 Å². The Morgan fingerprint density at radius 2 is 0.505 bits per heavy atom. The van der Waals surface area contributed by atoms with Gasteiger partial charge in [-0.05, 0) is 135 Å². The second-order valence-corrected chi connectivity index (χ2v) is 30.8. The first-order valence-electron chi connectivity index (χ1n) is 41.8. The van der Waals surface area contributed by atoms with Gasteiger partial charge in [0.25, 0.3) is 0 Å². The number of carbonyl (C=O) groups excluding carboxylic acids is 3. The van der Waals surface area contributed by atoms with Crippen molar-refractivity contribution in [1.29, 1.82) is 0 Å². The SMILES string of the molecule is CC/C=C\C/C=C\C/C=C\C/C=C\C/C=C\CCCCCCCCCCCCCCCC(=O)OCC(O)COP(=O)(O)OCC(O)COP(=O)(O)OCC(COC(=O)CCCCCCCCCCCCC/C=C\C/C=C\C/C=C\C/C=C\CCCCC)OC(=O)CCCCCCC/C=C\CCCCCC. The van der Waals surface area contributed by atoms with Gasteiger partial charge in [-0.25, -0.2) is 9.13 Å². The highest BCUT2D eigenvalue weighted by molar-refractivity contribution is 7.47. The Bertz CT molecular complexity index is 2390. The van der Waals surface area contributed by atoms with Gasteiger partial charge in [-0.3, -0.25) is 32.5 Å². The molecule has 0 saturated carbocycles. The molecule has 5 atom stereocenters. The van der Waals surface area contributed by atoms with Crippen LogP contribution in [0.1, 0.15) is 355 Å². The smallest absolute Gasteiger partial charge is 0.463 e. The molecule has 0 saturated heterocycles. The number of phosphoric acid groups is 2. The zero-order chi connectivity index (χ0) is 76.6. The van der Waals surface area contributed by atoms with E-state index in [-0.39, 0.29) is 19.3 Å². The molecule has 0 aromatic carbocycles. The second-order valence-electron chi connectivity index (χ2n) is 27.9. The highest BCUT2D eigenvalue weighted by atomic mass is 31.2. The Balaban J connectivity index is 4.48. The quantitative estimate of drug-likeness (QED) is 0.0146. The second kappa shape index (κ2) is 79.5. The van der Waals surface area contributed by atoms with Crippen molar-refractivity contribution in [3.8, 4) is 0 Å². The molecule has 0 aromatic rings. The van der Waals surface area contributed by atoms with Crippen LogP contribution in [0.5, 0.6) is 0 Å². The van der Waals surface area contributed by atoms with E-state index in [2.05, 4.69) is 142 Å². The molecule has 0 fully saturated rings. The van der Waals surface area contributed by atoms with Crippen LogP contribution in [0.3, 0.4) is 0 Å². The third-order valence-corrected chi connectivity index (χ3v) is 19.5. The lowest BCUT2D eigenvalue weighted by molar-refractivity contribution is -0.161. The summed E-state index contributed by atoms with van der Waals surface area (Å²) in [6.45, 7) is 2.54. The van der Waals surface area contributed by atoms with Crippen LogP contribution in [0.2, 0.25) is 0 Å². The Labute approximate surface area is 640 Å². The number of allylic oxidation sites excluding steroid dienone is 20. The molecule has 16 nitrogen and oxygen atoms in total. The number of phosphoric ester groups is 2. The van der Waals surface area contributed by atoms with E-state index in [0.29, 0.717) is 19.3 Å². The number of hydrogen-bond donors (Lipinski definition) is 4. The normalized spacial score (nSPS) is 14.5. The number of rotatable bonds is 79. The molecule has 0 aliphatic rings. The highest BCUT2D eigenvalue weighted by Gasteiger charge is 2.29. The van der Waals surface area contributed by atoms with E-state index in [1.54, 1.807) is 0 Å². The lowest BCUT2D eigenvalue weighted by Gasteiger charge is -2.21. The Morgan fingerprint density at radius 3 is 0.829 bits per heavy atom. The minimum atomic E-state index is -4.93. The summed E-state index contributed by atoms with van der Waals surface area (Å²) in [6.07, 6.45) is 95.4. The summed E-state index contributed by atoms with van der Waals surface area (Å²) in [7, 11) is -9.79. The molecule has 0 spiro atoms. The van der Waals surface area contributed by atoms with Gasteiger partial charge in [-0.15, -0.1) is 0 Å². The molecule has 0 radical (unpaired) electrons. The van der Waals surface area contributed by atoms with E-state index in [4.69, 9.17) is 32.3 Å². The third kappa shape index (κ3) is 80.8. The van der Waals surface area contributed by atoms with Gasteiger partial charge in [0.15, 0.2) is 6.10 Å². The molecule has 0 aliphatic carbocycles. The fourth-order valence-corrected chi connectivity index (χ4v) is 12.9. The number of hydrogen-bond acceptors (Lipinski definition) is 14. The first-order chi connectivity index (χ1) is 51.2. The molecule has 4 N–H and O–H groups in total. The zero-order valence-electron chi connectivity index (χ0n) is 66.4. The number of ether oxygens (including phenoxy) is 3. The van der Waals surface area contributed by atoms with Gasteiger partial charge in [0.05, 0.1) is 26.4 Å². The largest absolute Gasteiger partial charge is 0.472 e. The van der Waals surface area contributed by atoms with Crippen molar-refractivity contribution in [2.45, 2.75) is 373 Å². The fraction of sp³-hybridized carbons (Fsp3) is 0.736. The van der Waals surface area contributed by atoms with E-state index in [0.717, 1.165) is 148 Å². The van der Waals surface area contributed by atoms with Crippen molar-refractivity contribution in [2.75, 3.05) is 39.6 Å². The minimum Gasteiger partial charge on any atom is -0.463 e. The topological polar surface area (TPSA) is 231 Å². The van der Waals surface area contributed by atoms with Crippen LogP contribution < -0.4 is 0 Å². The maximum atomic E-state index is 13.0. The summed E-state index contributed by atoms with van der Waals surface area (Å²) in [5.74, 6) is -1.58. The lowest BCUT2D eigenvalue weighted by atomic mass is 10.0. The van der Waals surface area contributed by atoms with E-state index in [1.165, 1.54) is 148 Å². The third-order valence-electron chi connectivity index (χ3n) is 17.6. The standard InChI is InChI=1S/C87H152O16P2/c1-4-7-10-13-16-19-22-25-27-29-31-33-35-37-39-40-42-44-45-47-49-51-53-56-58-61-64-67-70-73-85(90)97-76-82(88)77-99-104(93,94)100-78-83(89)79-101-105(95,96)102-81-84(103-87(92)75-72-69-66-63-60-55-24-21-18-15-12-9-6-3)80-98-86(91)74-71-68-65-62-59-57-54-52-50-48-46-43-41-38-36-34-32-30-28-26-23-20-17-14-11-8-5-2/h7,10,16-17,19-21,24-28,31-34,37-39,41,82-84,88-89H,4-6,8-9,11-15,18,22-23,29-30,35-36,40,42-81H2,1-3H3,(H,93,94)(H,95,96)/b10-7-,19-16-,20-17-,24-21-,27-25-,28-26-,33-31-,34-32-,39-37-,41-38-. The lowest BCUT2D eigenvalue weighted by Crippen LogP contribution is -2.30. The number of esters is 3. The van der Waals surface area contributed by atoms with Gasteiger partial charge >= 0.3 is 33.6 Å². The molecule has 0 aliphatic heterocycles. The van der Waals surface area contributed by atoms with Gasteiger partial charge in [0.1, 0.15) is 25.4 Å². The van der Waals surface area contributed by atoms with Crippen LogP contribution in [0.15, 0.2) is 122 Å². The number of aliphatic hydroxyl groups is 2. The summed E-state index contributed by atoms with van der Waals surface area (Å²) in [4.78, 5) is 58.7. The monoisotopic (exact) mass is 1520 g/mol. The van der Waals surface area contributed by atoms with Crippen LogP contribution in [0.4, 0.5) is 0 Å². The van der Waals surface area contributed by atoms with Crippen molar-refractivity contribution in [2.24, 2.45) is 0 Å². The van der Waals surface area contributed by atoms with Crippen molar-refractivity contribution >= 4 is 33.6 Å². The summed E-state index contributed by atoms with van der Waals surface area (Å²) < 4.78 is 61.2. The van der Waals surface area contributed by atoms with Crippen LogP contribution in [-0.4, -0.2) is 95.9 Å². The molecule has 5 unspecified atom stereocenters. The van der Waals surface area contributed by atoms with E-state index < -0.39 is 91.5 Å². The maximum absolute atomic E-state index is 13.0. The van der Waals surface area contributed by atoms with Gasteiger partial charge in [0, 0.05) is 19.3 Å². The number of aliphatic hydroxyl groups excluding tert-OH is 2. The Hall–Kier alpha value is -4.05. The average Bonchev–Trinajstić information content (AvgIpc) is 0.912. The first kappa shape index (κ1) is 101. The minimum absolute atomic E-state index is 0.0938. The molecule has 0 heterocycles. The predicted molar refractivity (Wildman–Crippen MR) is 436 cm³/mol. The van der Waals surface area contributed by atoms with E-state index in [1.807, 2.05) is 0 Å². The molecular weight excluding hydrogens is 1360 g/mol. The van der Waals surface area contributed by atoms with Crippen molar-refractivity contribution in [3.63, 3.8) is 0 Å². The van der Waals surface area contributed by atoms with Crippen molar-refractivity contribution in [1.82, 2.24) is 0 Å². The summed E-state index contributed by atoms with van der Waals surface area (Å²) in [6, 6.07) is 0. The van der Waals surface area contributed by atoms with Gasteiger partial charge in [-0.2, -0.15) is 0 Å². The summed E-state index contributed by atoms with van der Waals surface area (Å²) >= 11 is 0. The van der Waals surface area contributed by atoms with Crippen molar-refractivity contribution in [3.05, 3.63) is 122 Å². The molecular formula is C87H152O16P2. The Kier molecular flexibility index (Phi) is 76.4. The maximum Gasteiger partial charge on any atom is 0.472 e. The van der Waals surface area contributed by atoms with Gasteiger partial charge in [-0.1, -0.05) is 322 Å². The molecule has 0 bridgehead atoms. The van der Waals surface area contributed by atoms with Crippen LogP contribution in [0, 0.1) is 0 Å².